The molecule has 0 bridgehead atoms. The van der Waals surface area contributed by atoms with Gasteiger partial charge in [0.2, 0.25) is 5.91 Å². The monoisotopic (exact) mass is 261 g/mol. The van der Waals surface area contributed by atoms with Crippen LogP contribution in [-0.2, 0) is 21.4 Å². The molecule has 1 heterocycles. The first kappa shape index (κ1) is 12.0. The molecule has 2 N–H and O–H groups in total. The van der Waals surface area contributed by atoms with Crippen molar-refractivity contribution in [1.29, 1.82) is 0 Å². The fourth-order valence-electron chi connectivity index (χ4n) is 2.94. The number of amides is 1. The van der Waals surface area contributed by atoms with Crippen molar-refractivity contribution in [2.24, 2.45) is 0 Å². The topological polar surface area (TPSA) is 75.6 Å². The van der Waals surface area contributed by atoms with Crippen molar-refractivity contribution in [3.8, 4) is 5.75 Å². The maximum absolute atomic E-state index is 11.6. The second kappa shape index (κ2) is 3.98. The number of carbonyl (C=O) groups is 2. The van der Waals surface area contributed by atoms with Crippen LogP contribution in [0.4, 0.5) is 5.69 Å². The molecule has 1 saturated carbocycles. The van der Waals surface area contributed by atoms with E-state index < -0.39 is 11.4 Å². The lowest BCUT2D eigenvalue weighted by Gasteiger charge is -2.39. The zero-order valence-corrected chi connectivity index (χ0v) is 10.7. The van der Waals surface area contributed by atoms with Gasteiger partial charge in [0.25, 0.3) is 0 Å². The number of aliphatic carboxylic acids is 1. The van der Waals surface area contributed by atoms with Crippen LogP contribution in [0.3, 0.4) is 0 Å². The van der Waals surface area contributed by atoms with E-state index in [-0.39, 0.29) is 12.3 Å². The summed E-state index contributed by atoms with van der Waals surface area (Å²) in [7, 11) is 1.55. The third-order valence-electron chi connectivity index (χ3n) is 4.18. The molecule has 0 unspecified atom stereocenters. The highest BCUT2D eigenvalue weighted by molar-refractivity contribution is 6.02. The van der Waals surface area contributed by atoms with Crippen molar-refractivity contribution in [2.75, 3.05) is 12.4 Å². The fourth-order valence-corrected chi connectivity index (χ4v) is 2.94. The molecule has 1 aromatic rings. The van der Waals surface area contributed by atoms with Gasteiger partial charge in [0.05, 0.1) is 18.9 Å². The summed E-state index contributed by atoms with van der Waals surface area (Å²) in [5, 5.41) is 12.3. The minimum atomic E-state index is -0.865. The Kier molecular flexibility index (Phi) is 2.52. The van der Waals surface area contributed by atoms with Crippen molar-refractivity contribution in [2.45, 2.75) is 31.1 Å². The van der Waals surface area contributed by atoms with Gasteiger partial charge < -0.3 is 15.2 Å². The SMILES string of the molecule is COc1cc2c(c(C3(C(=O)O)CCC3)c1)NC(=O)C2. The van der Waals surface area contributed by atoms with Crippen molar-refractivity contribution >= 4 is 17.6 Å². The second-order valence-electron chi connectivity index (χ2n) is 5.17. The Morgan fingerprint density at radius 3 is 2.68 bits per heavy atom. The lowest BCUT2D eigenvalue weighted by atomic mass is 9.63. The van der Waals surface area contributed by atoms with E-state index in [0.29, 0.717) is 29.8 Å². The summed E-state index contributed by atoms with van der Waals surface area (Å²) < 4.78 is 5.23. The fraction of sp³-hybridized carbons (Fsp3) is 0.429. The predicted octanol–water partition coefficient (Wildman–Crippen LogP) is 1.70. The summed E-state index contributed by atoms with van der Waals surface area (Å²) in [5.41, 5.74) is 1.32. The van der Waals surface area contributed by atoms with Crippen molar-refractivity contribution in [3.63, 3.8) is 0 Å². The Morgan fingerprint density at radius 1 is 1.42 bits per heavy atom. The van der Waals surface area contributed by atoms with Crippen LogP contribution in [0.25, 0.3) is 0 Å². The van der Waals surface area contributed by atoms with E-state index in [0.717, 1.165) is 12.0 Å². The Balaban J connectivity index is 2.18. The van der Waals surface area contributed by atoms with E-state index in [9.17, 15) is 14.7 Å². The Bertz CT molecular complexity index is 575. The highest BCUT2D eigenvalue weighted by Gasteiger charge is 2.48. The van der Waals surface area contributed by atoms with Gasteiger partial charge in [-0.05, 0) is 36.1 Å². The van der Waals surface area contributed by atoms with Gasteiger partial charge in [-0.25, -0.2) is 0 Å². The van der Waals surface area contributed by atoms with Gasteiger partial charge in [-0.15, -0.1) is 0 Å². The van der Waals surface area contributed by atoms with Crippen LogP contribution < -0.4 is 10.1 Å². The molecular formula is C14H15NO4. The smallest absolute Gasteiger partial charge is 0.314 e. The highest BCUT2D eigenvalue weighted by Crippen LogP contribution is 2.49. The second-order valence-corrected chi connectivity index (χ2v) is 5.17. The largest absolute Gasteiger partial charge is 0.497 e. The maximum atomic E-state index is 11.6. The minimum absolute atomic E-state index is 0.0932. The third kappa shape index (κ3) is 1.61. The number of nitrogens with one attached hydrogen (secondary N) is 1. The Hall–Kier alpha value is -2.04. The van der Waals surface area contributed by atoms with E-state index in [2.05, 4.69) is 5.32 Å². The quantitative estimate of drug-likeness (QED) is 0.868. The van der Waals surface area contributed by atoms with Gasteiger partial charge in [-0.3, -0.25) is 9.59 Å². The number of carboxylic acid groups (broad SMARTS) is 1. The predicted molar refractivity (Wildman–Crippen MR) is 68.5 cm³/mol. The molecule has 1 aliphatic carbocycles. The number of fused-ring (bicyclic) bond motifs is 1. The van der Waals surface area contributed by atoms with E-state index in [1.807, 2.05) is 0 Å². The molecule has 1 amide bonds. The summed E-state index contributed by atoms with van der Waals surface area (Å²) in [5.74, 6) is -0.308. The molecule has 0 saturated heterocycles. The normalized spacial score (nSPS) is 19.3. The van der Waals surface area contributed by atoms with Crippen LogP contribution in [0, 0.1) is 0 Å². The van der Waals surface area contributed by atoms with Crippen LogP contribution in [0.2, 0.25) is 0 Å². The minimum Gasteiger partial charge on any atom is -0.497 e. The van der Waals surface area contributed by atoms with Crippen LogP contribution in [0.15, 0.2) is 12.1 Å². The summed E-state index contributed by atoms with van der Waals surface area (Å²) in [6, 6.07) is 3.54. The maximum Gasteiger partial charge on any atom is 0.314 e. The summed E-state index contributed by atoms with van der Waals surface area (Å²) in [6.07, 6.45) is 2.40. The van der Waals surface area contributed by atoms with Crippen LogP contribution in [0.5, 0.6) is 5.75 Å². The van der Waals surface area contributed by atoms with E-state index >= 15 is 0 Å². The molecule has 100 valence electrons. The molecule has 0 spiro atoms. The van der Waals surface area contributed by atoms with Gasteiger partial charge in [0.15, 0.2) is 0 Å². The number of benzene rings is 1. The molecule has 1 aromatic carbocycles. The number of anilines is 1. The molecule has 1 fully saturated rings. The Morgan fingerprint density at radius 2 is 2.16 bits per heavy atom. The van der Waals surface area contributed by atoms with Gasteiger partial charge in [-0.1, -0.05) is 6.42 Å². The van der Waals surface area contributed by atoms with Gasteiger partial charge in [0.1, 0.15) is 5.75 Å². The molecular weight excluding hydrogens is 246 g/mol. The van der Waals surface area contributed by atoms with Crippen LogP contribution in [0.1, 0.15) is 30.4 Å². The first-order valence-electron chi connectivity index (χ1n) is 6.31. The van der Waals surface area contributed by atoms with Crippen LogP contribution >= 0.6 is 0 Å². The molecule has 3 rings (SSSR count). The molecule has 0 atom stereocenters. The Labute approximate surface area is 110 Å². The van der Waals surface area contributed by atoms with E-state index in [4.69, 9.17) is 4.74 Å². The number of hydrogen-bond acceptors (Lipinski definition) is 3. The first-order valence-corrected chi connectivity index (χ1v) is 6.31. The lowest BCUT2D eigenvalue weighted by molar-refractivity contribution is -0.147. The van der Waals surface area contributed by atoms with E-state index in [1.54, 1.807) is 19.2 Å². The highest BCUT2D eigenvalue weighted by atomic mass is 16.5. The van der Waals surface area contributed by atoms with Crippen LogP contribution in [-0.4, -0.2) is 24.1 Å². The summed E-state index contributed by atoms with van der Waals surface area (Å²) >= 11 is 0. The molecule has 0 aromatic heterocycles. The zero-order valence-electron chi connectivity index (χ0n) is 10.7. The number of carboxylic acids is 1. The number of ether oxygens (including phenoxy) is 1. The molecule has 5 heteroatoms. The first-order chi connectivity index (χ1) is 9.06. The van der Waals surface area contributed by atoms with Crippen molar-refractivity contribution in [1.82, 2.24) is 0 Å². The van der Waals surface area contributed by atoms with Gasteiger partial charge in [0, 0.05) is 5.69 Å². The molecule has 19 heavy (non-hydrogen) atoms. The van der Waals surface area contributed by atoms with Gasteiger partial charge >= 0.3 is 5.97 Å². The number of hydrogen-bond donors (Lipinski definition) is 2. The summed E-state index contributed by atoms with van der Waals surface area (Å²) in [6.45, 7) is 0. The average molecular weight is 261 g/mol. The number of rotatable bonds is 3. The lowest BCUT2D eigenvalue weighted by Crippen LogP contribution is -2.42. The summed E-state index contributed by atoms with van der Waals surface area (Å²) in [4.78, 5) is 23.2. The number of methoxy groups -OCH3 is 1. The third-order valence-corrected chi connectivity index (χ3v) is 4.18. The zero-order chi connectivity index (χ0) is 13.6. The average Bonchev–Trinajstić information content (AvgIpc) is 2.67. The van der Waals surface area contributed by atoms with Crippen molar-refractivity contribution < 1.29 is 19.4 Å². The number of carbonyl (C=O) groups excluding carboxylic acids is 1. The molecule has 1 aliphatic heterocycles. The molecule has 5 nitrogen and oxygen atoms in total. The van der Waals surface area contributed by atoms with Crippen molar-refractivity contribution in [3.05, 3.63) is 23.3 Å². The van der Waals surface area contributed by atoms with E-state index in [1.165, 1.54) is 0 Å². The standard InChI is InChI=1S/C14H15NO4/c1-19-9-5-8-6-11(16)15-12(8)10(7-9)14(13(17)18)3-2-4-14/h5,7H,2-4,6H2,1H3,(H,15,16)(H,17,18). The molecule has 0 radical (unpaired) electrons. The molecule has 2 aliphatic rings. The van der Waals surface area contributed by atoms with Gasteiger partial charge in [-0.2, -0.15) is 0 Å².